The van der Waals surface area contributed by atoms with Gasteiger partial charge in [-0.3, -0.25) is 9.36 Å². The standard InChI is InChI=1S/C26H26N6O/c33-24-10-5-20-17-28-26(29-21-6-8-22(9-7-21)31-13-11-27-12-14-31)30-25(20)32(24)23-15-18-3-1-2-4-19(18)16-23/h1-10,17,23,27H,11-16H2,(H,28,29,30). The quantitative estimate of drug-likeness (QED) is 0.509. The molecule has 4 aromatic rings. The van der Waals surface area contributed by atoms with Gasteiger partial charge in [-0.15, -0.1) is 0 Å². The minimum atomic E-state index is -0.0228. The van der Waals surface area contributed by atoms with Crippen LogP contribution in [0.2, 0.25) is 0 Å². The van der Waals surface area contributed by atoms with Gasteiger partial charge in [0.05, 0.1) is 0 Å². The van der Waals surface area contributed by atoms with E-state index in [0.717, 1.165) is 50.1 Å². The van der Waals surface area contributed by atoms with E-state index in [1.54, 1.807) is 12.3 Å². The highest BCUT2D eigenvalue weighted by Gasteiger charge is 2.25. The van der Waals surface area contributed by atoms with Crippen LogP contribution < -0.4 is 21.1 Å². The van der Waals surface area contributed by atoms with Gasteiger partial charge in [-0.05, 0) is 54.3 Å². The molecule has 3 heterocycles. The number of piperazine rings is 1. The third-order valence-electron chi connectivity index (χ3n) is 6.67. The van der Waals surface area contributed by atoms with Crippen molar-refractivity contribution in [1.29, 1.82) is 0 Å². The maximum Gasteiger partial charge on any atom is 0.252 e. The highest BCUT2D eigenvalue weighted by molar-refractivity contribution is 5.76. The van der Waals surface area contributed by atoms with Gasteiger partial charge in [0.25, 0.3) is 5.56 Å². The second-order valence-electron chi connectivity index (χ2n) is 8.75. The van der Waals surface area contributed by atoms with E-state index in [2.05, 4.69) is 69.0 Å². The molecule has 166 valence electrons. The zero-order chi connectivity index (χ0) is 22.2. The minimum Gasteiger partial charge on any atom is -0.369 e. The predicted molar refractivity (Wildman–Crippen MR) is 131 cm³/mol. The van der Waals surface area contributed by atoms with Crippen LogP contribution in [0, 0.1) is 0 Å². The molecule has 0 bridgehead atoms. The van der Waals surface area contributed by atoms with Crippen molar-refractivity contribution >= 4 is 28.4 Å². The Morgan fingerprint density at radius 2 is 1.64 bits per heavy atom. The number of anilines is 3. The topological polar surface area (TPSA) is 75.1 Å². The maximum absolute atomic E-state index is 12.9. The lowest BCUT2D eigenvalue weighted by Crippen LogP contribution is -2.43. The predicted octanol–water partition coefficient (Wildman–Crippen LogP) is 3.28. The lowest BCUT2D eigenvalue weighted by molar-refractivity contribution is 0.526. The molecule has 7 nitrogen and oxygen atoms in total. The van der Waals surface area contributed by atoms with Gasteiger partial charge in [0, 0.05) is 61.2 Å². The molecule has 0 saturated carbocycles. The van der Waals surface area contributed by atoms with Gasteiger partial charge in [0.2, 0.25) is 5.95 Å². The fraction of sp³-hybridized carbons (Fsp3) is 0.269. The molecule has 2 N–H and O–H groups in total. The Hall–Kier alpha value is -3.71. The van der Waals surface area contributed by atoms with Crippen LogP contribution in [0.5, 0.6) is 0 Å². The maximum atomic E-state index is 12.9. The number of nitrogens with zero attached hydrogens (tertiary/aromatic N) is 4. The first-order valence-electron chi connectivity index (χ1n) is 11.5. The van der Waals surface area contributed by atoms with E-state index in [9.17, 15) is 4.79 Å². The molecule has 0 amide bonds. The molecule has 1 aliphatic heterocycles. The number of nitrogens with one attached hydrogen (secondary N) is 2. The second-order valence-corrected chi connectivity index (χ2v) is 8.75. The largest absolute Gasteiger partial charge is 0.369 e. The summed E-state index contributed by atoms with van der Waals surface area (Å²) in [6.07, 6.45) is 3.47. The van der Waals surface area contributed by atoms with Crippen molar-refractivity contribution in [2.24, 2.45) is 0 Å². The van der Waals surface area contributed by atoms with Crippen LogP contribution in [0.4, 0.5) is 17.3 Å². The van der Waals surface area contributed by atoms with E-state index in [-0.39, 0.29) is 11.6 Å². The number of aromatic nitrogens is 3. The third-order valence-corrected chi connectivity index (χ3v) is 6.67. The van der Waals surface area contributed by atoms with Crippen LogP contribution in [-0.4, -0.2) is 40.7 Å². The molecule has 0 spiro atoms. The number of rotatable bonds is 4. The van der Waals surface area contributed by atoms with E-state index >= 15 is 0 Å². The Morgan fingerprint density at radius 1 is 0.909 bits per heavy atom. The highest BCUT2D eigenvalue weighted by atomic mass is 16.1. The third kappa shape index (κ3) is 3.85. The normalized spacial score (nSPS) is 16.2. The summed E-state index contributed by atoms with van der Waals surface area (Å²) in [5.74, 6) is 0.493. The molecular weight excluding hydrogens is 412 g/mol. The molecular formula is C26H26N6O. The smallest absolute Gasteiger partial charge is 0.252 e. The van der Waals surface area contributed by atoms with E-state index < -0.39 is 0 Å². The molecule has 33 heavy (non-hydrogen) atoms. The highest BCUT2D eigenvalue weighted by Crippen LogP contribution is 2.31. The SMILES string of the molecule is O=c1ccc2cnc(Nc3ccc(N4CCNCC4)cc3)nc2n1C1Cc2ccccc2C1. The average molecular weight is 439 g/mol. The van der Waals surface area contributed by atoms with Gasteiger partial charge < -0.3 is 15.5 Å². The molecule has 0 radical (unpaired) electrons. The Morgan fingerprint density at radius 3 is 2.36 bits per heavy atom. The molecule has 2 aromatic heterocycles. The molecule has 6 rings (SSSR count). The van der Waals surface area contributed by atoms with E-state index in [1.165, 1.54) is 16.8 Å². The number of benzene rings is 2. The fourth-order valence-electron chi connectivity index (χ4n) is 4.98. The van der Waals surface area contributed by atoms with Gasteiger partial charge in [-0.2, -0.15) is 4.98 Å². The molecule has 0 atom stereocenters. The number of hydrogen-bond acceptors (Lipinski definition) is 6. The Bertz CT molecular complexity index is 1330. The van der Waals surface area contributed by atoms with Crippen molar-refractivity contribution in [2.75, 3.05) is 36.4 Å². The van der Waals surface area contributed by atoms with Crippen molar-refractivity contribution < 1.29 is 0 Å². The van der Waals surface area contributed by atoms with Crippen molar-refractivity contribution in [2.45, 2.75) is 18.9 Å². The summed E-state index contributed by atoms with van der Waals surface area (Å²) in [6, 6.07) is 20.3. The van der Waals surface area contributed by atoms with Crippen LogP contribution >= 0.6 is 0 Å². The van der Waals surface area contributed by atoms with E-state index in [4.69, 9.17) is 4.98 Å². The van der Waals surface area contributed by atoms with E-state index in [0.29, 0.717) is 11.6 Å². The van der Waals surface area contributed by atoms with Crippen molar-refractivity contribution in [1.82, 2.24) is 19.9 Å². The number of hydrogen-bond donors (Lipinski definition) is 2. The van der Waals surface area contributed by atoms with Gasteiger partial charge in [-0.25, -0.2) is 4.98 Å². The van der Waals surface area contributed by atoms with Gasteiger partial charge in [0.1, 0.15) is 5.65 Å². The van der Waals surface area contributed by atoms with Gasteiger partial charge >= 0.3 is 0 Å². The monoisotopic (exact) mass is 438 g/mol. The molecule has 2 aromatic carbocycles. The first-order chi connectivity index (χ1) is 16.2. The molecule has 2 aliphatic rings. The molecule has 1 fully saturated rings. The van der Waals surface area contributed by atoms with Crippen LogP contribution in [-0.2, 0) is 12.8 Å². The summed E-state index contributed by atoms with van der Waals surface area (Å²) in [6.45, 7) is 4.06. The average Bonchev–Trinajstić information content (AvgIpc) is 3.28. The zero-order valence-corrected chi connectivity index (χ0v) is 18.4. The molecule has 7 heteroatoms. The minimum absolute atomic E-state index is 0.0228. The van der Waals surface area contributed by atoms with Crippen LogP contribution in [0.1, 0.15) is 17.2 Å². The second kappa shape index (κ2) is 8.33. The van der Waals surface area contributed by atoms with Crippen molar-refractivity contribution in [3.63, 3.8) is 0 Å². The molecule has 1 aliphatic carbocycles. The molecule has 1 saturated heterocycles. The summed E-state index contributed by atoms with van der Waals surface area (Å²) < 4.78 is 1.84. The number of fused-ring (bicyclic) bond motifs is 2. The van der Waals surface area contributed by atoms with E-state index in [1.807, 2.05) is 10.6 Å². The number of pyridine rings is 1. The van der Waals surface area contributed by atoms with Crippen LogP contribution in [0.3, 0.4) is 0 Å². The van der Waals surface area contributed by atoms with Crippen molar-refractivity contribution in [3.05, 3.63) is 88.3 Å². The summed E-state index contributed by atoms with van der Waals surface area (Å²) in [4.78, 5) is 24.5. The summed E-state index contributed by atoms with van der Waals surface area (Å²) in [5.41, 5.74) is 5.41. The fourth-order valence-corrected chi connectivity index (χ4v) is 4.98. The summed E-state index contributed by atoms with van der Waals surface area (Å²) in [7, 11) is 0. The first kappa shape index (κ1) is 19.9. The Balaban J connectivity index is 1.29. The van der Waals surface area contributed by atoms with Gasteiger partial charge in [-0.1, -0.05) is 24.3 Å². The first-order valence-corrected chi connectivity index (χ1v) is 11.5. The van der Waals surface area contributed by atoms with Crippen LogP contribution in [0.25, 0.3) is 11.0 Å². The molecule has 0 unspecified atom stereocenters. The lowest BCUT2D eigenvalue weighted by atomic mass is 10.1. The van der Waals surface area contributed by atoms with Crippen LogP contribution in [0.15, 0.2) is 71.7 Å². The summed E-state index contributed by atoms with van der Waals surface area (Å²) in [5, 5.41) is 7.56. The summed E-state index contributed by atoms with van der Waals surface area (Å²) >= 11 is 0. The Kier molecular flexibility index (Phi) is 5.03. The zero-order valence-electron chi connectivity index (χ0n) is 18.4. The Labute approximate surface area is 192 Å². The van der Waals surface area contributed by atoms with Crippen molar-refractivity contribution in [3.8, 4) is 0 Å². The lowest BCUT2D eigenvalue weighted by Gasteiger charge is -2.29. The van der Waals surface area contributed by atoms with Gasteiger partial charge in [0.15, 0.2) is 0 Å².